The molecule has 0 saturated heterocycles. The highest BCUT2D eigenvalue weighted by Gasteiger charge is 2.26. The summed E-state index contributed by atoms with van der Waals surface area (Å²) in [5.74, 6) is 1.10. The number of nitrogens with one attached hydrogen (secondary N) is 1. The predicted molar refractivity (Wildman–Crippen MR) is 102 cm³/mol. The van der Waals surface area contributed by atoms with Crippen molar-refractivity contribution in [1.82, 2.24) is 19.1 Å². The van der Waals surface area contributed by atoms with E-state index >= 15 is 0 Å². The summed E-state index contributed by atoms with van der Waals surface area (Å²) in [5, 5.41) is 7.70. The molecule has 1 amide bonds. The molecule has 0 aliphatic heterocycles. The topological polar surface area (TPSA) is 81.9 Å². The van der Waals surface area contributed by atoms with Crippen LogP contribution in [0.3, 0.4) is 0 Å². The number of aryl methyl sites for hydroxylation is 1. The van der Waals surface area contributed by atoms with Gasteiger partial charge in [0.2, 0.25) is 5.13 Å². The normalized spacial score (nSPS) is 11.4. The van der Waals surface area contributed by atoms with Crippen LogP contribution in [0.5, 0.6) is 5.75 Å². The molecule has 2 aromatic heterocycles. The van der Waals surface area contributed by atoms with E-state index in [9.17, 15) is 4.79 Å². The zero-order valence-corrected chi connectivity index (χ0v) is 16.2. The van der Waals surface area contributed by atoms with E-state index in [1.807, 2.05) is 45.0 Å². The minimum Gasteiger partial charge on any atom is -0.497 e. The smallest absolute Gasteiger partial charge is 0.260 e. The second-order valence-electron chi connectivity index (χ2n) is 6.92. The maximum Gasteiger partial charge on any atom is 0.260 e. The molecule has 136 valence electrons. The van der Waals surface area contributed by atoms with Crippen LogP contribution in [0, 0.1) is 0 Å². The van der Waals surface area contributed by atoms with Gasteiger partial charge in [-0.15, -0.1) is 0 Å². The lowest BCUT2D eigenvalue weighted by Gasteiger charge is -2.16. The van der Waals surface area contributed by atoms with Gasteiger partial charge in [0.15, 0.2) is 5.82 Å². The maximum atomic E-state index is 12.7. The monoisotopic (exact) mass is 371 g/mol. The molecule has 0 fully saturated rings. The van der Waals surface area contributed by atoms with Gasteiger partial charge in [-0.3, -0.25) is 14.8 Å². The molecule has 3 rings (SSSR count). The zero-order valence-electron chi connectivity index (χ0n) is 15.4. The SMILES string of the molecule is COc1ccc(-c2nsc(NC(=O)c3cn(C)nc3C(C)(C)C)n2)cc1. The third-order valence-corrected chi connectivity index (χ3v) is 4.41. The second-order valence-corrected chi connectivity index (χ2v) is 7.67. The van der Waals surface area contributed by atoms with Crippen LogP contribution >= 0.6 is 11.5 Å². The third-order valence-electron chi connectivity index (χ3n) is 3.78. The van der Waals surface area contributed by atoms with Crippen molar-refractivity contribution in [2.45, 2.75) is 26.2 Å². The molecule has 0 bridgehead atoms. The number of rotatable bonds is 4. The van der Waals surface area contributed by atoms with E-state index in [2.05, 4.69) is 19.8 Å². The average Bonchev–Trinajstić information content (AvgIpc) is 3.21. The summed E-state index contributed by atoms with van der Waals surface area (Å²) in [5.41, 5.74) is 1.92. The summed E-state index contributed by atoms with van der Waals surface area (Å²) in [6.45, 7) is 6.08. The van der Waals surface area contributed by atoms with Crippen LogP contribution in [0.4, 0.5) is 5.13 Å². The number of aromatic nitrogens is 4. The van der Waals surface area contributed by atoms with Crippen LogP contribution in [-0.4, -0.2) is 32.2 Å². The number of carbonyl (C=O) groups is 1. The minimum absolute atomic E-state index is 0.233. The Kier molecular flexibility index (Phi) is 4.78. The summed E-state index contributed by atoms with van der Waals surface area (Å²) < 4.78 is 11.1. The van der Waals surface area contributed by atoms with E-state index in [1.165, 1.54) is 0 Å². The summed E-state index contributed by atoms with van der Waals surface area (Å²) in [6, 6.07) is 7.45. The highest BCUT2D eigenvalue weighted by atomic mass is 32.1. The highest BCUT2D eigenvalue weighted by molar-refractivity contribution is 7.10. The number of benzene rings is 1. The second kappa shape index (κ2) is 6.87. The Balaban J connectivity index is 1.80. The first kappa shape index (κ1) is 18.1. The minimum atomic E-state index is -0.236. The molecular weight excluding hydrogens is 350 g/mol. The number of ether oxygens (including phenoxy) is 1. The Morgan fingerprint density at radius 2 is 1.92 bits per heavy atom. The summed E-state index contributed by atoms with van der Waals surface area (Å²) >= 11 is 1.15. The predicted octanol–water partition coefficient (Wildman–Crippen LogP) is 3.50. The number of nitrogens with zero attached hydrogens (tertiary/aromatic N) is 4. The molecule has 1 N–H and O–H groups in total. The Labute approximate surface area is 156 Å². The number of amides is 1. The van der Waals surface area contributed by atoms with Gasteiger partial charge in [0.25, 0.3) is 5.91 Å². The highest BCUT2D eigenvalue weighted by Crippen LogP contribution is 2.26. The fraction of sp³-hybridized carbons (Fsp3) is 0.333. The largest absolute Gasteiger partial charge is 0.497 e. The molecular formula is C18H21N5O2S. The van der Waals surface area contributed by atoms with Crippen LogP contribution in [0.25, 0.3) is 11.4 Å². The molecule has 7 nitrogen and oxygen atoms in total. The lowest BCUT2D eigenvalue weighted by Crippen LogP contribution is -2.20. The van der Waals surface area contributed by atoms with Crippen LogP contribution in [0.1, 0.15) is 36.8 Å². The van der Waals surface area contributed by atoms with Crippen LogP contribution in [-0.2, 0) is 12.5 Å². The molecule has 0 spiro atoms. The van der Waals surface area contributed by atoms with E-state index in [1.54, 1.807) is 25.0 Å². The summed E-state index contributed by atoms with van der Waals surface area (Å²) in [6.07, 6.45) is 1.72. The van der Waals surface area contributed by atoms with Gasteiger partial charge in [-0.25, -0.2) is 0 Å². The van der Waals surface area contributed by atoms with Crippen molar-refractivity contribution in [3.05, 3.63) is 41.7 Å². The number of hydrogen-bond acceptors (Lipinski definition) is 6. The Hall–Kier alpha value is -2.74. The number of anilines is 1. The van der Waals surface area contributed by atoms with Crippen molar-refractivity contribution in [2.75, 3.05) is 12.4 Å². The quantitative estimate of drug-likeness (QED) is 0.759. The van der Waals surface area contributed by atoms with Gasteiger partial charge >= 0.3 is 0 Å². The summed E-state index contributed by atoms with van der Waals surface area (Å²) in [4.78, 5) is 17.1. The third kappa shape index (κ3) is 3.75. The maximum absolute atomic E-state index is 12.7. The Bertz CT molecular complexity index is 922. The molecule has 2 heterocycles. The molecule has 0 saturated carbocycles. The van der Waals surface area contributed by atoms with Gasteiger partial charge in [0.1, 0.15) is 5.75 Å². The molecule has 3 aromatic rings. The molecule has 0 atom stereocenters. The van der Waals surface area contributed by atoms with Crippen molar-refractivity contribution in [3.63, 3.8) is 0 Å². The molecule has 0 aliphatic rings. The molecule has 0 unspecified atom stereocenters. The van der Waals surface area contributed by atoms with Crippen molar-refractivity contribution >= 4 is 22.6 Å². The molecule has 26 heavy (non-hydrogen) atoms. The molecule has 0 radical (unpaired) electrons. The van der Waals surface area contributed by atoms with Crippen molar-refractivity contribution in [3.8, 4) is 17.1 Å². The first-order chi connectivity index (χ1) is 12.3. The van der Waals surface area contributed by atoms with E-state index in [0.717, 1.165) is 28.5 Å². The zero-order chi connectivity index (χ0) is 18.9. The van der Waals surface area contributed by atoms with E-state index in [0.29, 0.717) is 16.5 Å². The van der Waals surface area contributed by atoms with E-state index in [4.69, 9.17) is 4.74 Å². The lowest BCUT2D eigenvalue weighted by atomic mass is 9.89. The Morgan fingerprint density at radius 1 is 1.23 bits per heavy atom. The molecule has 0 aliphatic carbocycles. The van der Waals surface area contributed by atoms with Gasteiger partial charge in [-0.1, -0.05) is 20.8 Å². The first-order valence-corrected chi connectivity index (χ1v) is 8.89. The number of methoxy groups -OCH3 is 1. The lowest BCUT2D eigenvalue weighted by molar-refractivity contribution is 0.102. The van der Waals surface area contributed by atoms with Crippen molar-refractivity contribution < 1.29 is 9.53 Å². The van der Waals surface area contributed by atoms with Gasteiger partial charge in [0, 0.05) is 35.8 Å². The van der Waals surface area contributed by atoms with Crippen molar-refractivity contribution in [1.29, 1.82) is 0 Å². The van der Waals surface area contributed by atoms with Crippen LogP contribution < -0.4 is 10.1 Å². The van der Waals surface area contributed by atoms with Gasteiger partial charge in [0.05, 0.1) is 18.4 Å². The number of hydrogen-bond donors (Lipinski definition) is 1. The standard InChI is InChI=1S/C18H21N5O2S/c1-18(2,3)14-13(10-23(4)21-14)16(24)20-17-19-15(22-26-17)11-6-8-12(25-5)9-7-11/h6-10H,1-5H3,(H,19,20,22,24). The fourth-order valence-electron chi connectivity index (χ4n) is 2.50. The molecule has 8 heteroatoms. The average molecular weight is 371 g/mol. The van der Waals surface area contributed by atoms with Gasteiger partial charge in [-0.2, -0.15) is 14.5 Å². The van der Waals surface area contributed by atoms with Gasteiger partial charge < -0.3 is 4.74 Å². The fourth-order valence-corrected chi connectivity index (χ4v) is 3.09. The van der Waals surface area contributed by atoms with E-state index < -0.39 is 0 Å². The van der Waals surface area contributed by atoms with Gasteiger partial charge in [-0.05, 0) is 24.3 Å². The van der Waals surface area contributed by atoms with Crippen LogP contribution in [0.2, 0.25) is 0 Å². The summed E-state index contributed by atoms with van der Waals surface area (Å²) in [7, 11) is 3.42. The van der Waals surface area contributed by atoms with Crippen LogP contribution in [0.15, 0.2) is 30.5 Å². The van der Waals surface area contributed by atoms with Crippen molar-refractivity contribution in [2.24, 2.45) is 7.05 Å². The number of carbonyl (C=O) groups excluding carboxylic acids is 1. The Morgan fingerprint density at radius 3 is 2.54 bits per heavy atom. The molecule has 1 aromatic carbocycles. The first-order valence-electron chi connectivity index (χ1n) is 8.11. The van der Waals surface area contributed by atoms with E-state index in [-0.39, 0.29) is 11.3 Å².